The molecule has 0 bridgehead atoms. The molecule has 2 aromatic carbocycles. The number of hydrogen-bond donors (Lipinski definition) is 1. The molecule has 0 fully saturated rings. The summed E-state index contributed by atoms with van der Waals surface area (Å²) >= 11 is 0. The number of benzene rings is 2. The van der Waals surface area contributed by atoms with Gasteiger partial charge in [-0.2, -0.15) is 0 Å². The zero-order valence-electron chi connectivity index (χ0n) is 21.0. The quantitative estimate of drug-likeness (QED) is 0.183. The van der Waals surface area contributed by atoms with Crippen molar-refractivity contribution < 1.29 is 33.6 Å². The van der Waals surface area contributed by atoms with Gasteiger partial charge in [0.05, 0.1) is 46.8 Å². The third-order valence-electron chi connectivity index (χ3n) is 6.47. The molecule has 2 aliphatic rings. The summed E-state index contributed by atoms with van der Waals surface area (Å²) in [4.78, 5) is 63.5. The number of carbonyl (C=O) groups is 4. The van der Waals surface area contributed by atoms with Crippen LogP contribution in [0.3, 0.4) is 0 Å². The monoisotopic (exact) mass is 519 g/mol. The van der Waals surface area contributed by atoms with Gasteiger partial charge < -0.3 is 14.8 Å². The molecule has 38 heavy (non-hydrogen) atoms. The predicted octanol–water partition coefficient (Wildman–Crippen LogP) is 3.23. The number of nitrogens with zero attached hydrogens (tertiary/aromatic N) is 2. The maximum absolute atomic E-state index is 13.3. The Balaban J connectivity index is 1.55. The van der Waals surface area contributed by atoms with Gasteiger partial charge in [-0.1, -0.05) is 30.3 Å². The second-order valence-electron chi connectivity index (χ2n) is 8.74. The summed E-state index contributed by atoms with van der Waals surface area (Å²) in [6.45, 7) is 3.12. The SMILES string of the molecule is COC(=O)C1=C(C)NC(C)=C(C(=O)OCCCN2C(=O)c3ccccc3C2=O)C1c1ccccc1[N+](=O)[O-]. The fraction of sp³-hybridized carbons (Fsp3) is 0.259. The van der Waals surface area contributed by atoms with E-state index in [1.165, 1.54) is 25.3 Å². The normalized spacial score (nSPS) is 16.8. The number of nitro groups is 1. The van der Waals surface area contributed by atoms with E-state index in [0.717, 1.165) is 4.90 Å². The minimum atomic E-state index is -1.12. The molecule has 11 nitrogen and oxygen atoms in total. The molecule has 1 unspecified atom stereocenters. The highest BCUT2D eigenvalue weighted by Crippen LogP contribution is 2.42. The number of imide groups is 1. The van der Waals surface area contributed by atoms with Gasteiger partial charge >= 0.3 is 11.9 Å². The van der Waals surface area contributed by atoms with E-state index in [1.807, 2.05) is 0 Å². The largest absolute Gasteiger partial charge is 0.466 e. The molecule has 0 aromatic heterocycles. The van der Waals surface area contributed by atoms with Gasteiger partial charge in [-0.3, -0.25) is 24.6 Å². The van der Waals surface area contributed by atoms with Crippen molar-refractivity contribution in [3.05, 3.63) is 97.9 Å². The van der Waals surface area contributed by atoms with Gasteiger partial charge in [0.2, 0.25) is 0 Å². The maximum atomic E-state index is 13.3. The van der Waals surface area contributed by atoms with Gasteiger partial charge in [0.15, 0.2) is 0 Å². The standard InChI is InChI=1S/C27H25N3O8/c1-15-21(26(33)37-3)23(19-11-6-7-12-20(19)30(35)36)22(16(2)28-15)27(34)38-14-8-13-29-24(31)17-9-4-5-10-18(17)25(29)32/h4-7,9-12,23,28H,8,13-14H2,1-3H3. The zero-order valence-corrected chi connectivity index (χ0v) is 21.0. The fourth-order valence-corrected chi connectivity index (χ4v) is 4.76. The van der Waals surface area contributed by atoms with Gasteiger partial charge in [-0.05, 0) is 32.4 Å². The molecule has 196 valence electrons. The van der Waals surface area contributed by atoms with Crippen LogP contribution in [0.25, 0.3) is 0 Å². The summed E-state index contributed by atoms with van der Waals surface area (Å²) in [5.74, 6) is -3.48. The van der Waals surface area contributed by atoms with Crippen LogP contribution in [0.4, 0.5) is 5.69 Å². The summed E-state index contributed by atoms with van der Waals surface area (Å²) in [7, 11) is 1.18. The average Bonchev–Trinajstić information content (AvgIpc) is 3.14. The van der Waals surface area contributed by atoms with Crippen LogP contribution >= 0.6 is 0 Å². The minimum Gasteiger partial charge on any atom is -0.466 e. The summed E-state index contributed by atoms with van der Waals surface area (Å²) in [5, 5.41) is 14.8. The van der Waals surface area contributed by atoms with E-state index in [0.29, 0.717) is 22.5 Å². The highest BCUT2D eigenvalue weighted by molar-refractivity contribution is 6.21. The predicted molar refractivity (Wildman–Crippen MR) is 134 cm³/mol. The Labute approximate surface area is 217 Å². The van der Waals surface area contributed by atoms with Crippen molar-refractivity contribution in [2.45, 2.75) is 26.2 Å². The van der Waals surface area contributed by atoms with E-state index in [-0.39, 0.29) is 42.0 Å². The van der Waals surface area contributed by atoms with Crippen molar-refractivity contribution in [3.8, 4) is 0 Å². The molecule has 1 atom stereocenters. The van der Waals surface area contributed by atoms with E-state index in [9.17, 15) is 29.3 Å². The number of ether oxygens (including phenoxy) is 2. The number of carbonyl (C=O) groups excluding carboxylic acids is 4. The highest BCUT2D eigenvalue weighted by atomic mass is 16.6. The lowest BCUT2D eigenvalue weighted by atomic mass is 9.79. The summed E-state index contributed by atoms with van der Waals surface area (Å²) in [5.41, 5.74) is 1.34. The van der Waals surface area contributed by atoms with E-state index in [2.05, 4.69) is 5.32 Å². The Hall–Kier alpha value is -4.80. The molecule has 2 heterocycles. The molecule has 0 aliphatic carbocycles. The molecule has 11 heteroatoms. The van der Waals surface area contributed by atoms with E-state index in [1.54, 1.807) is 44.2 Å². The first-order valence-electron chi connectivity index (χ1n) is 11.8. The first-order valence-corrected chi connectivity index (χ1v) is 11.8. The Morgan fingerprint density at radius 1 is 0.947 bits per heavy atom. The number of hydrogen-bond acceptors (Lipinski definition) is 9. The highest BCUT2D eigenvalue weighted by Gasteiger charge is 2.41. The zero-order chi connectivity index (χ0) is 27.6. The third kappa shape index (κ3) is 4.65. The molecular formula is C27H25N3O8. The number of methoxy groups -OCH3 is 1. The lowest BCUT2D eigenvalue weighted by Crippen LogP contribution is -2.33. The van der Waals surface area contributed by atoms with E-state index >= 15 is 0 Å². The van der Waals surface area contributed by atoms with E-state index in [4.69, 9.17) is 9.47 Å². The molecule has 4 rings (SSSR count). The lowest BCUT2D eigenvalue weighted by molar-refractivity contribution is -0.385. The van der Waals surface area contributed by atoms with Crippen molar-refractivity contribution in [2.24, 2.45) is 0 Å². The molecule has 0 spiro atoms. The number of amides is 2. The Morgan fingerprint density at radius 3 is 2.08 bits per heavy atom. The number of nitrogens with one attached hydrogen (secondary N) is 1. The molecule has 0 radical (unpaired) electrons. The Bertz CT molecular complexity index is 1390. The number of rotatable bonds is 8. The topological polar surface area (TPSA) is 145 Å². The number of allylic oxidation sites excluding steroid dienone is 2. The van der Waals surface area contributed by atoms with Crippen LogP contribution in [0.15, 0.2) is 71.1 Å². The van der Waals surface area contributed by atoms with Crippen molar-refractivity contribution in [1.29, 1.82) is 0 Å². The van der Waals surface area contributed by atoms with Crippen LogP contribution in [0.5, 0.6) is 0 Å². The number of dihydropyridines is 1. The van der Waals surface area contributed by atoms with Crippen LogP contribution in [-0.2, 0) is 19.1 Å². The smallest absolute Gasteiger partial charge is 0.336 e. The lowest BCUT2D eigenvalue weighted by Gasteiger charge is -2.30. The van der Waals surface area contributed by atoms with Crippen LogP contribution < -0.4 is 5.32 Å². The van der Waals surface area contributed by atoms with Crippen molar-refractivity contribution >= 4 is 29.4 Å². The van der Waals surface area contributed by atoms with Crippen LogP contribution in [0, 0.1) is 10.1 Å². The van der Waals surface area contributed by atoms with Crippen LogP contribution in [0.2, 0.25) is 0 Å². The average molecular weight is 520 g/mol. The number of nitro benzene ring substituents is 1. The Kier molecular flexibility index (Phi) is 7.38. The molecule has 2 aliphatic heterocycles. The second-order valence-corrected chi connectivity index (χ2v) is 8.74. The molecule has 2 amide bonds. The molecule has 0 saturated heterocycles. The maximum Gasteiger partial charge on any atom is 0.336 e. The summed E-state index contributed by atoms with van der Waals surface area (Å²) in [6.07, 6.45) is 0.172. The van der Waals surface area contributed by atoms with Gasteiger partial charge in [0, 0.05) is 29.6 Å². The first kappa shape index (κ1) is 26.3. The number of fused-ring (bicyclic) bond motifs is 1. The number of esters is 2. The van der Waals surface area contributed by atoms with Crippen molar-refractivity contribution in [3.63, 3.8) is 0 Å². The fourth-order valence-electron chi connectivity index (χ4n) is 4.76. The van der Waals surface area contributed by atoms with E-state index < -0.39 is 34.6 Å². The molecular weight excluding hydrogens is 494 g/mol. The van der Waals surface area contributed by atoms with Crippen molar-refractivity contribution in [2.75, 3.05) is 20.3 Å². The molecule has 1 N–H and O–H groups in total. The van der Waals surface area contributed by atoms with Gasteiger partial charge in [-0.15, -0.1) is 0 Å². The second kappa shape index (κ2) is 10.7. The van der Waals surface area contributed by atoms with Gasteiger partial charge in [0.1, 0.15) is 0 Å². The van der Waals surface area contributed by atoms with Crippen LogP contribution in [0.1, 0.15) is 52.5 Å². The van der Waals surface area contributed by atoms with Gasteiger partial charge in [0.25, 0.3) is 17.5 Å². The molecule has 2 aromatic rings. The third-order valence-corrected chi connectivity index (χ3v) is 6.47. The number of para-hydroxylation sites is 1. The van der Waals surface area contributed by atoms with Gasteiger partial charge in [-0.25, -0.2) is 9.59 Å². The minimum absolute atomic E-state index is 0.0195. The first-order chi connectivity index (χ1) is 18.2. The van der Waals surface area contributed by atoms with Crippen molar-refractivity contribution in [1.82, 2.24) is 10.2 Å². The summed E-state index contributed by atoms with van der Waals surface area (Å²) in [6, 6.07) is 12.4. The molecule has 0 saturated carbocycles. The summed E-state index contributed by atoms with van der Waals surface area (Å²) < 4.78 is 10.4. The van der Waals surface area contributed by atoms with Crippen LogP contribution in [-0.4, -0.2) is 53.8 Å². The Morgan fingerprint density at radius 2 is 1.50 bits per heavy atom.